The van der Waals surface area contributed by atoms with Gasteiger partial charge in [-0.05, 0) is 42.8 Å². The Hall–Kier alpha value is -4.19. The van der Waals surface area contributed by atoms with Crippen LogP contribution >= 0.6 is 0 Å². The van der Waals surface area contributed by atoms with Gasteiger partial charge in [0.25, 0.3) is 5.91 Å². The van der Waals surface area contributed by atoms with Gasteiger partial charge in [-0.1, -0.05) is 47.6 Å². The van der Waals surface area contributed by atoms with Crippen LogP contribution in [0.2, 0.25) is 0 Å². The molecular formula is C26H20N2O4. The fourth-order valence-corrected chi connectivity index (χ4v) is 3.82. The summed E-state index contributed by atoms with van der Waals surface area (Å²) in [5.74, 6) is 0.743. The predicted octanol–water partition coefficient (Wildman–Crippen LogP) is 5.15. The smallest absolute Gasteiger partial charge is 0.277 e. The van der Waals surface area contributed by atoms with Crippen molar-refractivity contribution < 1.29 is 18.8 Å². The van der Waals surface area contributed by atoms with Gasteiger partial charge in [0.2, 0.25) is 0 Å². The van der Waals surface area contributed by atoms with Gasteiger partial charge in [0, 0.05) is 29.2 Å². The summed E-state index contributed by atoms with van der Waals surface area (Å²) in [6.45, 7) is 2.02. The molecular weight excluding hydrogens is 404 g/mol. The molecule has 6 heteroatoms. The van der Waals surface area contributed by atoms with Crippen molar-refractivity contribution in [2.24, 2.45) is 0 Å². The maximum Gasteiger partial charge on any atom is 0.277 e. The molecule has 6 nitrogen and oxygen atoms in total. The second-order valence-corrected chi connectivity index (χ2v) is 7.73. The number of hydrogen-bond donors (Lipinski definition) is 1. The average molecular weight is 424 g/mol. The lowest BCUT2D eigenvalue weighted by Crippen LogP contribution is -2.15. The van der Waals surface area contributed by atoms with Crippen molar-refractivity contribution in [3.63, 3.8) is 0 Å². The van der Waals surface area contributed by atoms with Gasteiger partial charge < -0.3 is 14.6 Å². The highest BCUT2D eigenvalue weighted by atomic mass is 16.5. The number of carbonyl (C=O) groups excluding carboxylic acids is 2. The quantitative estimate of drug-likeness (QED) is 0.448. The van der Waals surface area contributed by atoms with E-state index in [9.17, 15) is 9.59 Å². The molecule has 0 fully saturated rings. The van der Waals surface area contributed by atoms with Crippen LogP contribution in [0.3, 0.4) is 0 Å². The molecule has 1 amide bonds. The van der Waals surface area contributed by atoms with Gasteiger partial charge >= 0.3 is 0 Å². The van der Waals surface area contributed by atoms with Crippen LogP contribution in [0.4, 0.5) is 5.69 Å². The number of amides is 1. The summed E-state index contributed by atoms with van der Waals surface area (Å²) in [5.41, 5.74) is 3.43. The Morgan fingerprint density at radius 2 is 1.75 bits per heavy atom. The van der Waals surface area contributed by atoms with Gasteiger partial charge in [-0.2, -0.15) is 0 Å². The van der Waals surface area contributed by atoms with Crippen LogP contribution < -0.4 is 10.1 Å². The van der Waals surface area contributed by atoms with Crippen LogP contribution in [0.5, 0.6) is 5.75 Å². The Labute approximate surface area is 184 Å². The number of hydrogen-bond acceptors (Lipinski definition) is 5. The van der Waals surface area contributed by atoms with Crippen molar-refractivity contribution in [3.8, 4) is 17.1 Å². The van der Waals surface area contributed by atoms with Crippen molar-refractivity contribution in [2.45, 2.75) is 19.4 Å². The van der Waals surface area contributed by atoms with E-state index in [-0.39, 0.29) is 17.6 Å². The van der Waals surface area contributed by atoms with Crippen molar-refractivity contribution >= 4 is 17.4 Å². The first-order valence-electron chi connectivity index (χ1n) is 10.4. The van der Waals surface area contributed by atoms with E-state index in [2.05, 4.69) is 10.5 Å². The first-order valence-corrected chi connectivity index (χ1v) is 10.4. The number of nitrogens with one attached hydrogen (secondary N) is 1. The summed E-state index contributed by atoms with van der Waals surface area (Å²) < 4.78 is 11.2. The molecule has 1 aliphatic heterocycles. The van der Waals surface area contributed by atoms with Crippen LogP contribution in [0.15, 0.2) is 83.4 Å². The van der Waals surface area contributed by atoms with Gasteiger partial charge in [-0.3, -0.25) is 9.59 Å². The lowest BCUT2D eigenvalue weighted by molar-refractivity contribution is 0.101. The molecule has 0 unspecified atom stereocenters. The number of rotatable bonds is 5. The van der Waals surface area contributed by atoms with E-state index in [1.807, 2.05) is 31.2 Å². The zero-order valence-electron chi connectivity index (χ0n) is 17.4. The van der Waals surface area contributed by atoms with E-state index in [4.69, 9.17) is 9.26 Å². The zero-order chi connectivity index (χ0) is 22.1. The minimum absolute atomic E-state index is 0.132. The van der Waals surface area contributed by atoms with Crippen LogP contribution in [0, 0.1) is 0 Å². The second kappa shape index (κ2) is 8.15. The fourth-order valence-electron chi connectivity index (χ4n) is 3.82. The lowest BCUT2D eigenvalue weighted by Gasteiger charge is -2.09. The first-order chi connectivity index (χ1) is 15.6. The molecule has 5 rings (SSSR count). The number of fused-ring (bicyclic) bond motifs is 1. The number of ether oxygens (including phenoxy) is 1. The number of anilines is 1. The molecule has 0 aliphatic carbocycles. The first kappa shape index (κ1) is 19.8. The van der Waals surface area contributed by atoms with E-state index in [1.165, 1.54) is 0 Å². The molecule has 4 aromatic rings. The Bertz CT molecular complexity index is 1310. The van der Waals surface area contributed by atoms with Crippen molar-refractivity contribution in [1.82, 2.24) is 5.16 Å². The number of nitrogens with zero attached hydrogens (tertiary/aromatic N) is 1. The summed E-state index contributed by atoms with van der Waals surface area (Å²) in [6, 6.07) is 23.2. The topological polar surface area (TPSA) is 81.4 Å². The van der Waals surface area contributed by atoms with Crippen LogP contribution in [0.1, 0.15) is 38.9 Å². The SMILES string of the molecule is C[C@@H]1Cc2cc(-c3cc(C(=O)Nc4ccccc4C(=O)c4ccccc4)no3)ccc2O1. The normalized spacial score (nSPS) is 14.5. The summed E-state index contributed by atoms with van der Waals surface area (Å²) in [7, 11) is 0. The molecule has 0 saturated heterocycles. The largest absolute Gasteiger partial charge is 0.490 e. The van der Waals surface area contributed by atoms with Crippen molar-refractivity contribution in [3.05, 3.63) is 101 Å². The van der Waals surface area contributed by atoms with Crippen LogP contribution in [0.25, 0.3) is 11.3 Å². The highest BCUT2D eigenvalue weighted by molar-refractivity contribution is 6.15. The van der Waals surface area contributed by atoms with Gasteiger partial charge in [0.05, 0.1) is 5.69 Å². The zero-order valence-corrected chi connectivity index (χ0v) is 17.4. The third-order valence-corrected chi connectivity index (χ3v) is 5.38. The van der Waals surface area contributed by atoms with E-state index in [0.29, 0.717) is 22.6 Å². The Morgan fingerprint density at radius 3 is 2.59 bits per heavy atom. The van der Waals surface area contributed by atoms with Crippen LogP contribution in [-0.2, 0) is 6.42 Å². The molecule has 0 bridgehead atoms. The number of para-hydroxylation sites is 1. The molecule has 1 N–H and O–H groups in total. The lowest BCUT2D eigenvalue weighted by atomic mass is 10.0. The molecule has 1 aromatic heterocycles. The molecule has 0 spiro atoms. The molecule has 158 valence electrons. The van der Waals surface area contributed by atoms with Crippen molar-refractivity contribution in [1.29, 1.82) is 0 Å². The predicted molar refractivity (Wildman–Crippen MR) is 120 cm³/mol. The minimum atomic E-state index is -0.452. The highest BCUT2D eigenvalue weighted by Gasteiger charge is 2.22. The third kappa shape index (κ3) is 3.78. The average Bonchev–Trinajstić information content (AvgIpc) is 3.45. The molecule has 2 heterocycles. The molecule has 3 aromatic carbocycles. The second-order valence-electron chi connectivity index (χ2n) is 7.73. The summed E-state index contributed by atoms with van der Waals surface area (Å²) in [4.78, 5) is 25.7. The number of ketones is 1. The van der Waals surface area contributed by atoms with Gasteiger partial charge in [-0.25, -0.2) is 0 Å². The number of benzene rings is 3. The van der Waals surface area contributed by atoms with Gasteiger partial charge in [-0.15, -0.1) is 0 Å². The number of aromatic nitrogens is 1. The highest BCUT2D eigenvalue weighted by Crippen LogP contribution is 2.33. The Balaban J connectivity index is 1.37. The standard InChI is InChI=1S/C26H20N2O4/c1-16-13-19-14-18(11-12-23(19)31-16)24-15-22(28-32-24)26(30)27-21-10-6-5-9-20(21)25(29)17-7-3-2-4-8-17/h2-12,14-16H,13H2,1H3,(H,27,30)/t16-/m1/s1. The Kier molecular flexibility index (Phi) is 5.03. The summed E-state index contributed by atoms with van der Waals surface area (Å²) in [5, 5.41) is 6.71. The number of carbonyl (C=O) groups is 2. The van der Waals surface area contributed by atoms with E-state index < -0.39 is 5.91 Å². The minimum Gasteiger partial charge on any atom is -0.490 e. The third-order valence-electron chi connectivity index (χ3n) is 5.38. The van der Waals surface area contributed by atoms with Gasteiger partial charge in [0.1, 0.15) is 11.9 Å². The maximum absolute atomic E-state index is 12.9. The molecule has 0 radical (unpaired) electrons. The van der Waals surface area contributed by atoms with E-state index >= 15 is 0 Å². The van der Waals surface area contributed by atoms with E-state index in [1.54, 1.807) is 54.6 Å². The van der Waals surface area contributed by atoms with Crippen molar-refractivity contribution in [2.75, 3.05) is 5.32 Å². The van der Waals surface area contributed by atoms with Crippen LogP contribution in [-0.4, -0.2) is 23.0 Å². The molecule has 32 heavy (non-hydrogen) atoms. The van der Waals surface area contributed by atoms with E-state index in [0.717, 1.165) is 23.3 Å². The molecule has 1 atom stereocenters. The summed E-state index contributed by atoms with van der Waals surface area (Å²) in [6.07, 6.45) is 0.978. The maximum atomic E-state index is 12.9. The molecule has 1 aliphatic rings. The fraction of sp³-hybridized carbons (Fsp3) is 0.115. The monoisotopic (exact) mass is 424 g/mol. The Morgan fingerprint density at radius 1 is 0.969 bits per heavy atom. The summed E-state index contributed by atoms with van der Waals surface area (Å²) >= 11 is 0. The van der Waals surface area contributed by atoms with Gasteiger partial charge in [0.15, 0.2) is 17.2 Å². The molecule has 0 saturated carbocycles.